The third-order valence-corrected chi connectivity index (χ3v) is 50.4. The summed E-state index contributed by atoms with van der Waals surface area (Å²) < 4.78 is 40.9. The molecule has 17 saturated carbocycles. The van der Waals surface area contributed by atoms with E-state index in [4.69, 9.17) is 41.5 Å². The van der Waals surface area contributed by atoms with Gasteiger partial charge >= 0.3 is 23.6 Å². The predicted octanol–water partition coefficient (Wildman–Crippen LogP) is 28.8. The molecule has 0 aliphatic heterocycles. The minimum Gasteiger partial charge on any atom is -0.427 e. The molecule has 30 rings (SSSR count). The molecule has 43 atom stereocenters. The van der Waals surface area contributed by atoms with E-state index in [1.807, 2.05) is 39.0 Å². The van der Waals surface area contributed by atoms with E-state index in [2.05, 4.69) is 234 Å². The first-order chi connectivity index (χ1) is 68.8. The summed E-state index contributed by atoms with van der Waals surface area (Å²) in [6.07, 6.45) is 82.2. The number of aliphatic hydroxyl groups is 2. The van der Waals surface area contributed by atoms with Crippen LogP contribution in [-0.4, -0.2) is 86.6 Å². The molecule has 4 aromatic carbocycles. The summed E-state index contributed by atoms with van der Waals surface area (Å²) in [5.74, 6) is 38.1. The lowest BCUT2D eigenvalue weighted by Crippen LogP contribution is -2.53. The Hall–Kier alpha value is -5.88. The zero-order valence-corrected chi connectivity index (χ0v) is 89.5. The van der Waals surface area contributed by atoms with E-state index in [-0.39, 0.29) is 24.8 Å². The molecule has 26 bridgehead atoms. The van der Waals surface area contributed by atoms with Gasteiger partial charge < -0.3 is 41.5 Å². The van der Waals surface area contributed by atoms with E-state index in [9.17, 15) is 4.79 Å². The van der Waals surface area contributed by atoms with Crippen molar-refractivity contribution in [3.63, 3.8) is 0 Å². The van der Waals surface area contributed by atoms with E-state index < -0.39 is 17.6 Å². The molecule has 2 N–H and O–H groups in total. The molecule has 0 aromatic heterocycles. The van der Waals surface area contributed by atoms with Crippen LogP contribution in [0, 0.1) is 231 Å². The van der Waals surface area contributed by atoms with Crippen molar-refractivity contribution in [3.05, 3.63) is 247 Å². The molecule has 760 valence electrons. The minimum absolute atomic E-state index is 0.218. The summed E-state index contributed by atoms with van der Waals surface area (Å²) in [5, 5.41) is 18.1. The Balaban J connectivity index is 0.0000000917. The Morgan fingerprint density at radius 2 is 0.759 bits per heavy atom. The van der Waals surface area contributed by atoms with Crippen LogP contribution in [0.4, 0.5) is 0 Å². The van der Waals surface area contributed by atoms with Crippen LogP contribution in [0.3, 0.4) is 0 Å². The fourth-order valence-corrected chi connectivity index (χ4v) is 45.3. The number of aliphatic hydroxyl groups excluding tert-OH is 2. The van der Waals surface area contributed by atoms with E-state index in [1.54, 1.807) is 69.4 Å². The predicted molar refractivity (Wildman–Crippen MR) is 572 cm³/mol. The third-order valence-electron chi connectivity index (χ3n) is 43.1. The van der Waals surface area contributed by atoms with Gasteiger partial charge in [0.1, 0.15) is 5.75 Å². The standard InChI is InChI=1S/C20H24.C19H22.C18H20.C15H16O2.2C13H24O3Si.C12H16.C10H16.C9H14O2/c1-2-4-13(5-3-1)6-7-14-10-17-12-18(14)20-16-9-8-15(11-16)19(17)20;1-2-4-12(5-3-1)8-15-10-16-11-17(15)19-14-7-6-13(9-14)18(16)19;1-2-4-11(5-3-1)15-9-14-10-16(15)18-13-7-6-12(8-13)17(14)18;1-10(16)17-14-4-2-3-12(9-14)15-8-11-5-6-13(15)7-11;1-13(2,3)16-17(14-4,15-5)12-9-10-6-7-11(12)8-10;1-4-14-17(15-5-2,16-6-3)13-10-11-7-8-12(13)9-11;1-2-8-5-7(1)11-9-3-4-10(6-9)12(8)11;1-2-3-9-6-8-4-5-10(9)7-8;10-4-8-6-1-2-7(3-6)9(8)5-11/h1-5,8-9,14-20H,6-7,10-12H2;1-7,13-19H,8-11H2;1-7,12-18H,8-10H2;2-6,9,11,13,15H,7-8H2,1H3;6-7,10-12H,8-9H2,1-5H3;7-8,11-13H,4-6,9-10H2,1-3H3;1-2,7-12H,3-6H2;4-5,8-10H,2-3,6-7H2,1H3;1-2,6-11H,3-5H2/t;;;;;;;;6?,7?,8-,9+. The molecule has 12 heteroatoms. The second-order valence-electron chi connectivity index (χ2n) is 51.1. The van der Waals surface area contributed by atoms with Gasteiger partial charge in [0, 0.05) is 65.3 Å². The lowest BCUT2D eigenvalue weighted by Gasteiger charge is -2.39. The van der Waals surface area contributed by atoms with Crippen molar-refractivity contribution >= 4 is 23.6 Å². The van der Waals surface area contributed by atoms with Crippen molar-refractivity contribution in [3.8, 4) is 5.75 Å². The summed E-state index contributed by atoms with van der Waals surface area (Å²) in [4.78, 5) is 10.9. The lowest BCUT2D eigenvalue weighted by atomic mass is 9.68. The Morgan fingerprint density at radius 3 is 1.21 bits per heavy atom. The Morgan fingerprint density at radius 1 is 0.348 bits per heavy atom. The van der Waals surface area contributed by atoms with Crippen molar-refractivity contribution in [1.29, 1.82) is 0 Å². The van der Waals surface area contributed by atoms with E-state index in [0.29, 0.717) is 89.9 Å². The Bertz CT molecular complexity index is 5050. The maximum absolute atomic E-state index is 10.9. The van der Waals surface area contributed by atoms with Gasteiger partial charge in [0.15, 0.2) is 0 Å². The summed E-state index contributed by atoms with van der Waals surface area (Å²) in [5.41, 5.74) is 6.74. The van der Waals surface area contributed by atoms with Crippen LogP contribution in [0.25, 0.3) is 0 Å². The number of esters is 1. The van der Waals surface area contributed by atoms with E-state index in [1.165, 1.54) is 134 Å². The number of hydrogen-bond acceptors (Lipinski definition) is 10. The molecule has 10 nitrogen and oxygen atoms in total. The molecule has 41 unspecified atom stereocenters. The fourth-order valence-electron chi connectivity index (χ4n) is 38.6. The van der Waals surface area contributed by atoms with Crippen LogP contribution in [0.1, 0.15) is 250 Å². The normalized spacial score (nSPS) is 43.3. The third kappa shape index (κ3) is 20.0. The summed E-state index contributed by atoms with van der Waals surface area (Å²) >= 11 is 0. The first-order valence-corrected chi connectivity index (χ1v) is 61.9. The van der Waals surface area contributed by atoms with Gasteiger partial charge in [-0.3, -0.25) is 4.79 Å². The van der Waals surface area contributed by atoms with Crippen LogP contribution in [0.5, 0.6) is 5.75 Å². The second kappa shape index (κ2) is 43.0. The molecular weight excluding hydrogens is 1770 g/mol. The van der Waals surface area contributed by atoms with Crippen LogP contribution in [0.15, 0.2) is 225 Å². The van der Waals surface area contributed by atoms with Crippen molar-refractivity contribution in [2.75, 3.05) is 47.3 Å². The molecule has 0 heterocycles. The zero-order valence-electron chi connectivity index (χ0n) is 87.5. The van der Waals surface area contributed by atoms with Gasteiger partial charge in [0.2, 0.25) is 0 Å². The number of aryl methyl sites for hydroxylation is 1. The molecule has 26 aliphatic rings. The largest absolute Gasteiger partial charge is 0.504 e. The van der Waals surface area contributed by atoms with Crippen LogP contribution in [-0.2, 0) is 44.2 Å². The van der Waals surface area contributed by atoms with Gasteiger partial charge in [-0.1, -0.05) is 232 Å². The van der Waals surface area contributed by atoms with Gasteiger partial charge in [-0.25, -0.2) is 0 Å². The van der Waals surface area contributed by atoms with Crippen LogP contribution in [0.2, 0.25) is 11.1 Å². The number of carbonyl (C=O) groups excluding carboxylic acids is 1. The molecule has 0 amide bonds. The van der Waals surface area contributed by atoms with Crippen molar-refractivity contribution < 1.29 is 46.3 Å². The monoisotopic (exact) mass is 1940 g/mol. The van der Waals surface area contributed by atoms with Gasteiger partial charge in [-0.05, 0) is 479 Å². The van der Waals surface area contributed by atoms with Gasteiger partial charge in [0.25, 0.3) is 0 Å². The highest BCUT2D eigenvalue weighted by Gasteiger charge is 2.66. The second-order valence-corrected chi connectivity index (χ2v) is 56.9. The zero-order chi connectivity index (χ0) is 96.5. The quantitative estimate of drug-likeness (QED) is 0.0244. The van der Waals surface area contributed by atoms with Gasteiger partial charge in [0.05, 0.1) is 5.60 Å². The summed E-state index contributed by atoms with van der Waals surface area (Å²) in [7, 11) is -1.55. The van der Waals surface area contributed by atoms with Crippen molar-refractivity contribution in [1.82, 2.24) is 0 Å². The molecule has 0 radical (unpaired) electrons. The molecule has 17 fully saturated rings. The maximum Gasteiger partial charge on any atom is 0.504 e. The molecule has 4 aromatic rings. The van der Waals surface area contributed by atoms with Crippen LogP contribution >= 0.6 is 0 Å². The number of fused-ring (bicyclic) bond motifs is 46. The number of carbonyl (C=O) groups is 1. The molecule has 141 heavy (non-hydrogen) atoms. The van der Waals surface area contributed by atoms with E-state index in [0.717, 1.165) is 202 Å². The van der Waals surface area contributed by atoms with Gasteiger partial charge in [-0.15, -0.1) is 0 Å². The highest BCUT2D eigenvalue weighted by molar-refractivity contribution is 6.63. The van der Waals surface area contributed by atoms with Gasteiger partial charge in [-0.2, -0.15) is 0 Å². The molecule has 0 spiro atoms. The van der Waals surface area contributed by atoms with Crippen molar-refractivity contribution in [2.24, 2.45) is 231 Å². The Kier molecular flexibility index (Phi) is 30.4. The smallest absolute Gasteiger partial charge is 0.427 e. The first kappa shape index (κ1) is 99.7. The number of ether oxygens (including phenoxy) is 1. The van der Waals surface area contributed by atoms with Crippen LogP contribution < -0.4 is 4.74 Å². The molecular formula is C129H176O10Si2. The number of rotatable bonds is 23. The highest BCUT2D eigenvalue weighted by Crippen LogP contribution is 2.72. The average molecular weight is 1940 g/mol. The maximum atomic E-state index is 10.9. The Labute approximate surface area is 852 Å². The molecule has 26 aliphatic carbocycles. The highest BCUT2D eigenvalue weighted by atomic mass is 28.4. The molecule has 0 saturated heterocycles. The minimum atomic E-state index is -2.55. The number of benzene rings is 4. The summed E-state index contributed by atoms with van der Waals surface area (Å²) in [6, 6.07) is 41.6. The SMILES string of the molecule is C1=CC2CC1C1C3CC(CCc4ccccc4)C(C3)C21.C1=CC2CC1C1C3CC(Cc4ccccc4)C(C3)C21.C1=CC2CC1C1C3CC(c4ccccc4)C(C3)C21.C1=CC2CC1C1C3CCC(C3)C21.CC(=O)Oc1cccc(C2CC3C=CC2C3)c1.CCCC1CC2C=CC1C2.CCO[Si](OCC)(OCC)C1CC2C=CC1C2.CO[Si](OC)(OC(C)(C)C)C1CC2C=CC1C2.OC[C@@H]1C2C=CC(C2)[C@@H]1CO. The topological polar surface area (TPSA) is 122 Å². The lowest BCUT2D eigenvalue weighted by molar-refractivity contribution is -0.131. The number of allylic oxidation sites excluding steroid dienone is 18. The number of hydrogen-bond donors (Lipinski definition) is 2. The fraction of sp³-hybridized carbons (Fsp3) is 0.667. The van der Waals surface area contributed by atoms with E-state index >= 15 is 0 Å². The van der Waals surface area contributed by atoms with Crippen molar-refractivity contribution in [2.45, 2.75) is 257 Å². The summed E-state index contributed by atoms with van der Waals surface area (Å²) in [6.45, 7) is 18.5. The average Bonchev–Trinajstić information content (AvgIpc) is 1.53. The first-order valence-electron chi connectivity index (χ1n) is 58.3.